The standard InChI is InChI=1S/C15H27N/c1-10(2)12-7-9-15(4)8-5-6-11(3)13(15)14(12)16/h10,12-14H,3,5-9,16H2,1-2,4H3. The molecule has 16 heavy (non-hydrogen) atoms. The van der Waals surface area contributed by atoms with Gasteiger partial charge in [0.25, 0.3) is 0 Å². The zero-order valence-corrected chi connectivity index (χ0v) is 11.1. The van der Waals surface area contributed by atoms with Crippen LogP contribution in [0.3, 0.4) is 0 Å². The summed E-state index contributed by atoms with van der Waals surface area (Å²) in [4.78, 5) is 0. The third kappa shape index (κ3) is 1.84. The summed E-state index contributed by atoms with van der Waals surface area (Å²) in [5.41, 5.74) is 8.44. The molecule has 0 amide bonds. The third-order valence-corrected chi connectivity index (χ3v) is 5.22. The SMILES string of the molecule is C=C1CCCC2(C)CCC(C(C)C)C(N)C12. The number of fused-ring (bicyclic) bond motifs is 1. The Bertz CT molecular complexity index is 281. The molecule has 2 N–H and O–H groups in total. The molecule has 2 fully saturated rings. The molecular formula is C15H27N. The van der Waals surface area contributed by atoms with Gasteiger partial charge in [0, 0.05) is 12.0 Å². The lowest BCUT2D eigenvalue weighted by molar-refractivity contribution is 0.0371. The third-order valence-electron chi connectivity index (χ3n) is 5.22. The first-order valence-electron chi connectivity index (χ1n) is 6.89. The predicted molar refractivity (Wildman–Crippen MR) is 70.1 cm³/mol. The molecule has 0 bridgehead atoms. The van der Waals surface area contributed by atoms with Gasteiger partial charge >= 0.3 is 0 Å². The van der Waals surface area contributed by atoms with Crippen molar-refractivity contribution in [2.24, 2.45) is 28.9 Å². The molecule has 4 unspecified atom stereocenters. The van der Waals surface area contributed by atoms with E-state index < -0.39 is 0 Å². The van der Waals surface area contributed by atoms with Crippen LogP contribution in [0, 0.1) is 23.2 Å². The first kappa shape index (κ1) is 12.2. The average Bonchev–Trinajstić information content (AvgIpc) is 2.16. The van der Waals surface area contributed by atoms with E-state index in [2.05, 4.69) is 27.4 Å². The summed E-state index contributed by atoms with van der Waals surface area (Å²) < 4.78 is 0. The molecule has 1 heteroatoms. The van der Waals surface area contributed by atoms with Gasteiger partial charge in [-0.05, 0) is 49.4 Å². The van der Waals surface area contributed by atoms with Crippen LogP contribution in [-0.4, -0.2) is 6.04 Å². The van der Waals surface area contributed by atoms with Gasteiger partial charge < -0.3 is 5.73 Å². The lowest BCUT2D eigenvalue weighted by Crippen LogP contribution is -2.53. The molecule has 0 aromatic heterocycles. The summed E-state index contributed by atoms with van der Waals surface area (Å²) >= 11 is 0. The van der Waals surface area contributed by atoms with Crippen LogP contribution in [0.4, 0.5) is 0 Å². The Kier molecular flexibility index (Phi) is 3.18. The van der Waals surface area contributed by atoms with Crippen LogP contribution in [0.25, 0.3) is 0 Å². The van der Waals surface area contributed by atoms with Crippen LogP contribution in [0.1, 0.15) is 52.9 Å². The minimum atomic E-state index is 0.353. The maximum Gasteiger partial charge on any atom is 0.0141 e. The van der Waals surface area contributed by atoms with Crippen molar-refractivity contribution in [2.45, 2.75) is 58.9 Å². The van der Waals surface area contributed by atoms with Gasteiger partial charge in [0.1, 0.15) is 0 Å². The van der Waals surface area contributed by atoms with Gasteiger partial charge in [-0.15, -0.1) is 0 Å². The molecule has 0 saturated heterocycles. The molecule has 2 aliphatic rings. The number of nitrogens with two attached hydrogens (primary N) is 1. The highest BCUT2D eigenvalue weighted by molar-refractivity contribution is 5.16. The zero-order chi connectivity index (χ0) is 11.9. The van der Waals surface area contributed by atoms with Crippen LogP contribution in [-0.2, 0) is 0 Å². The Labute approximate surface area is 100 Å². The number of hydrogen-bond acceptors (Lipinski definition) is 1. The van der Waals surface area contributed by atoms with E-state index in [1.165, 1.54) is 37.7 Å². The quantitative estimate of drug-likeness (QED) is 0.671. The van der Waals surface area contributed by atoms with Gasteiger partial charge in [0.15, 0.2) is 0 Å². The Morgan fingerprint density at radius 1 is 1.38 bits per heavy atom. The van der Waals surface area contributed by atoms with Crippen molar-refractivity contribution < 1.29 is 0 Å². The highest BCUT2D eigenvalue weighted by Crippen LogP contribution is 2.53. The second-order valence-corrected chi connectivity index (χ2v) is 6.67. The molecule has 92 valence electrons. The van der Waals surface area contributed by atoms with E-state index in [4.69, 9.17) is 5.73 Å². The normalized spacial score (nSPS) is 44.6. The van der Waals surface area contributed by atoms with Crippen LogP contribution in [0.15, 0.2) is 12.2 Å². The fraction of sp³-hybridized carbons (Fsp3) is 0.867. The Balaban J connectivity index is 2.24. The minimum absolute atomic E-state index is 0.353. The molecule has 0 radical (unpaired) electrons. The Morgan fingerprint density at radius 2 is 2.06 bits per heavy atom. The molecule has 2 rings (SSSR count). The first-order chi connectivity index (χ1) is 7.46. The lowest BCUT2D eigenvalue weighted by Gasteiger charge is -2.53. The second kappa shape index (κ2) is 4.18. The maximum absolute atomic E-state index is 6.55. The molecule has 0 aliphatic heterocycles. The van der Waals surface area contributed by atoms with Crippen molar-refractivity contribution in [3.05, 3.63) is 12.2 Å². The summed E-state index contributed by atoms with van der Waals surface area (Å²) in [6, 6.07) is 0.353. The van der Waals surface area contributed by atoms with E-state index in [0.29, 0.717) is 29.2 Å². The summed E-state index contributed by atoms with van der Waals surface area (Å²) in [5, 5.41) is 0. The van der Waals surface area contributed by atoms with E-state index >= 15 is 0 Å². The highest BCUT2D eigenvalue weighted by Gasteiger charge is 2.47. The topological polar surface area (TPSA) is 26.0 Å². The Morgan fingerprint density at radius 3 is 2.69 bits per heavy atom. The van der Waals surface area contributed by atoms with Gasteiger partial charge in [0.05, 0.1) is 0 Å². The summed E-state index contributed by atoms with van der Waals surface area (Å²) in [6.45, 7) is 11.4. The predicted octanol–water partition coefficient (Wildman–Crippen LogP) is 3.74. The molecule has 0 aromatic rings. The van der Waals surface area contributed by atoms with Gasteiger partial charge in [0.2, 0.25) is 0 Å². The largest absolute Gasteiger partial charge is 0.327 e. The number of rotatable bonds is 1. The summed E-state index contributed by atoms with van der Waals surface area (Å²) in [5.74, 6) is 2.00. The molecule has 2 saturated carbocycles. The van der Waals surface area contributed by atoms with E-state index in [1.54, 1.807) is 0 Å². The van der Waals surface area contributed by atoms with E-state index in [9.17, 15) is 0 Å². The molecule has 0 heterocycles. The van der Waals surface area contributed by atoms with Gasteiger partial charge in [-0.1, -0.05) is 32.9 Å². The fourth-order valence-electron chi connectivity index (χ4n) is 4.25. The van der Waals surface area contributed by atoms with Crippen LogP contribution in [0.2, 0.25) is 0 Å². The maximum atomic E-state index is 6.55. The van der Waals surface area contributed by atoms with Crippen LogP contribution in [0.5, 0.6) is 0 Å². The van der Waals surface area contributed by atoms with Crippen molar-refractivity contribution >= 4 is 0 Å². The monoisotopic (exact) mass is 221 g/mol. The first-order valence-corrected chi connectivity index (χ1v) is 6.89. The van der Waals surface area contributed by atoms with Crippen molar-refractivity contribution in [1.82, 2.24) is 0 Å². The molecule has 1 nitrogen and oxygen atoms in total. The highest BCUT2D eigenvalue weighted by atomic mass is 14.7. The minimum Gasteiger partial charge on any atom is -0.327 e. The summed E-state index contributed by atoms with van der Waals surface area (Å²) in [7, 11) is 0. The Hall–Kier alpha value is -0.300. The summed E-state index contributed by atoms with van der Waals surface area (Å²) in [6.07, 6.45) is 6.56. The molecule has 0 spiro atoms. The lowest BCUT2D eigenvalue weighted by atomic mass is 9.54. The molecule has 0 aromatic carbocycles. The van der Waals surface area contributed by atoms with Crippen molar-refractivity contribution in [2.75, 3.05) is 0 Å². The van der Waals surface area contributed by atoms with E-state index in [-0.39, 0.29) is 0 Å². The molecule has 4 atom stereocenters. The van der Waals surface area contributed by atoms with Gasteiger partial charge in [-0.3, -0.25) is 0 Å². The molecular weight excluding hydrogens is 194 g/mol. The fourth-order valence-corrected chi connectivity index (χ4v) is 4.25. The number of hydrogen-bond donors (Lipinski definition) is 1. The second-order valence-electron chi connectivity index (χ2n) is 6.67. The zero-order valence-electron chi connectivity index (χ0n) is 11.1. The van der Waals surface area contributed by atoms with E-state index in [1.807, 2.05) is 0 Å². The van der Waals surface area contributed by atoms with Crippen molar-refractivity contribution in [3.63, 3.8) is 0 Å². The van der Waals surface area contributed by atoms with Gasteiger partial charge in [-0.25, -0.2) is 0 Å². The van der Waals surface area contributed by atoms with Crippen molar-refractivity contribution in [3.8, 4) is 0 Å². The molecule has 2 aliphatic carbocycles. The van der Waals surface area contributed by atoms with Gasteiger partial charge in [-0.2, -0.15) is 0 Å². The van der Waals surface area contributed by atoms with E-state index in [0.717, 1.165) is 0 Å². The van der Waals surface area contributed by atoms with Crippen molar-refractivity contribution in [1.29, 1.82) is 0 Å². The van der Waals surface area contributed by atoms with Crippen LogP contribution < -0.4 is 5.73 Å². The average molecular weight is 221 g/mol. The van der Waals surface area contributed by atoms with Crippen LogP contribution >= 0.6 is 0 Å². The smallest absolute Gasteiger partial charge is 0.0141 e.